The van der Waals surface area contributed by atoms with Crippen LogP contribution in [-0.2, 0) is 5.41 Å². The summed E-state index contributed by atoms with van der Waals surface area (Å²) in [4.78, 5) is 0. The van der Waals surface area contributed by atoms with Crippen molar-refractivity contribution in [3.05, 3.63) is 84.4 Å². The van der Waals surface area contributed by atoms with E-state index in [2.05, 4.69) is 99.6 Å². The highest BCUT2D eigenvalue weighted by Crippen LogP contribution is 2.30. The predicted molar refractivity (Wildman–Crippen MR) is 96.0 cm³/mol. The average Bonchev–Trinajstić information content (AvgIpc) is 2.55. The molecule has 0 N–H and O–H groups in total. The van der Waals surface area contributed by atoms with E-state index < -0.39 is 0 Å². The Morgan fingerprint density at radius 2 is 1.00 bits per heavy atom. The van der Waals surface area contributed by atoms with Crippen LogP contribution in [0.3, 0.4) is 0 Å². The zero-order valence-electron chi connectivity index (χ0n) is 13.5. The molecule has 0 atom stereocenters. The van der Waals surface area contributed by atoms with Crippen LogP contribution in [0, 0.1) is 0 Å². The van der Waals surface area contributed by atoms with Crippen LogP contribution in [0.1, 0.15) is 26.3 Å². The van der Waals surface area contributed by atoms with Gasteiger partial charge in [-0.05, 0) is 39.3 Å². The molecule has 3 aromatic rings. The van der Waals surface area contributed by atoms with Gasteiger partial charge >= 0.3 is 0 Å². The standard InChI is InChI=1S/C22H22/c1-22(2,3)21-14-8-13-20(16-21)19-12-7-11-18(15-19)17-9-5-4-6-10-17/h4-16H,1-3H3. The van der Waals surface area contributed by atoms with E-state index in [0.717, 1.165) is 0 Å². The fourth-order valence-corrected chi connectivity index (χ4v) is 2.67. The average molecular weight is 286 g/mol. The Labute approximate surface area is 133 Å². The first kappa shape index (κ1) is 14.6. The van der Waals surface area contributed by atoms with Crippen molar-refractivity contribution in [1.82, 2.24) is 0 Å². The molecular formula is C22H22. The van der Waals surface area contributed by atoms with Crippen LogP contribution in [0.4, 0.5) is 0 Å². The van der Waals surface area contributed by atoms with Crippen LogP contribution in [0.2, 0.25) is 0 Å². The van der Waals surface area contributed by atoms with Crippen LogP contribution < -0.4 is 0 Å². The number of rotatable bonds is 2. The zero-order chi connectivity index (χ0) is 15.6. The second-order valence-corrected chi connectivity index (χ2v) is 6.78. The number of benzene rings is 3. The molecule has 0 aliphatic rings. The van der Waals surface area contributed by atoms with Gasteiger partial charge in [0.2, 0.25) is 0 Å². The molecule has 0 heteroatoms. The van der Waals surface area contributed by atoms with Crippen LogP contribution in [0.15, 0.2) is 78.9 Å². The van der Waals surface area contributed by atoms with Crippen molar-refractivity contribution in [2.45, 2.75) is 26.2 Å². The van der Waals surface area contributed by atoms with Gasteiger partial charge in [-0.1, -0.05) is 93.6 Å². The monoisotopic (exact) mass is 286 g/mol. The second kappa shape index (κ2) is 5.81. The van der Waals surface area contributed by atoms with Gasteiger partial charge in [0.15, 0.2) is 0 Å². The molecule has 0 amide bonds. The minimum atomic E-state index is 0.174. The van der Waals surface area contributed by atoms with Crippen molar-refractivity contribution in [2.24, 2.45) is 0 Å². The Kier molecular flexibility index (Phi) is 3.85. The van der Waals surface area contributed by atoms with Crippen molar-refractivity contribution in [3.8, 4) is 22.3 Å². The molecule has 3 rings (SSSR count). The molecule has 0 nitrogen and oxygen atoms in total. The van der Waals surface area contributed by atoms with Crippen LogP contribution in [-0.4, -0.2) is 0 Å². The summed E-state index contributed by atoms with van der Waals surface area (Å²) in [5.41, 5.74) is 6.62. The summed E-state index contributed by atoms with van der Waals surface area (Å²) in [6.45, 7) is 6.77. The summed E-state index contributed by atoms with van der Waals surface area (Å²) in [5, 5.41) is 0. The summed E-state index contributed by atoms with van der Waals surface area (Å²) in [6.07, 6.45) is 0. The molecule has 0 unspecified atom stereocenters. The highest BCUT2D eigenvalue weighted by molar-refractivity contribution is 5.73. The van der Waals surface area contributed by atoms with Gasteiger partial charge in [0.25, 0.3) is 0 Å². The molecule has 0 spiro atoms. The maximum absolute atomic E-state index is 2.31. The van der Waals surface area contributed by atoms with Crippen molar-refractivity contribution in [3.63, 3.8) is 0 Å². The van der Waals surface area contributed by atoms with Gasteiger partial charge in [0, 0.05) is 0 Å². The molecule has 22 heavy (non-hydrogen) atoms. The van der Waals surface area contributed by atoms with Gasteiger partial charge in [0.05, 0.1) is 0 Å². The first-order valence-corrected chi connectivity index (χ1v) is 7.80. The Hall–Kier alpha value is -2.34. The van der Waals surface area contributed by atoms with Gasteiger partial charge in [-0.25, -0.2) is 0 Å². The fourth-order valence-electron chi connectivity index (χ4n) is 2.67. The van der Waals surface area contributed by atoms with Crippen LogP contribution >= 0.6 is 0 Å². The lowest BCUT2D eigenvalue weighted by molar-refractivity contribution is 0.590. The zero-order valence-corrected chi connectivity index (χ0v) is 13.5. The van der Waals surface area contributed by atoms with Gasteiger partial charge in [-0.15, -0.1) is 0 Å². The molecule has 0 aromatic heterocycles. The van der Waals surface area contributed by atoms with Crippen molar-refractivity contribution < 1.29 is 0 Å². The Morgan fingerprint density at radius 1 is 0.500 bits per heavy atom. The lowest BCUT2D eigenvalue weighted by atomic mass is 9.85. The smallest absolute Gasteiger partial charge is 0.0132 e. The Morgan fingerprint density at radius 3 is 1.64 bits per heavy atom. The third kappa shape index (κ3) is 3.12. The Balaban J connectivity index is 2.03. The van der Waals surface area contributed by atoms with Crippen molar-refractivity contribution in [2.75, 3.05) is 0 Å². The van der Waals surface area contributed by atoms with E-state index in [0.29, 0.717) is 0 Å². The van der Waals surface area contributed by atoms with E-state index in [-0.39, 0.29) is 5.41 Å². The van der Waals surface area contributed by atoms with Gasteiger partial charge < -0.3 is 0 Å². The first-order valence-electron chi connectivity index (χ1n) is 7.80. The molecule has 0 saturated heterocycles. The molecule has 0 aliphatic heterocycles. The third-order valence-corrected chi connectivity index (χ3v) is 4.03. The molecular weight excluding hydrogens is 264 g/mol. The highest BCUT2D eigenvalue weighted by Gasteiger charge is 2.14. The lowest BCUT2D eigenvalue weighted by Crippen LogP contribution is -2.10. The van der Waals surface area contributed by atoms with Crippen LogP contribution in [0.5, 0.6) is 0 Å². The minimum Gasteiger partial charge on any atom is -0.0622 e. The summed E-state index contributed by atoms with van der Waals surface area (Å²) in [7, 11) is 0. The van der Waals surface area contributed by atoms with E-state index in [1.807, 2.05) is 0 Å². The molecule has 110 valence electrons. The van der Waals surface area contributed by atoms with Gasteiger partial charge in [0.1, 0.15) is 0 Å². The summed E-state index contributed by atoms with van der Waals surface area (Å²) in [6, 6.07) is 28.2. The predicted octanol–water partition coefficient (Wildman–Crippen LogP) is 6.32. The third-order valence-electron chi connectivity index (χ3n) is 4.03. The van der Waals surface area contributed by atoms with Crippen molar-refractivity contribution in [1.29, 1.82) is 0 Å². The summed E-state index contributed by atoms with van der Waals surface area (Å²) < 4.78 is 0. The van der Waals surface area contributed by atoms with E-state index in [9.17, 15) is 0 Å². The molecule has 3 aromatic carbocycles. The molecule has 0 fully saturated rings. The molecule has 0 saturated carbocycles. The summed E-state index contributed by atoms with van der Waals surface area (Å²) in [5.74, 6) is 0. The first-order chi connectivity index (χ1) is 10.5. The largest absolute Gasteiger partial charge is 0.0622 e. The normalized spacial score (nSPS) is 11.4. The molecule has 0 radical (unpaired) electrons. The van der Waals surface area contributed by atoms with Gasteiger partial charge in [-0.3, -0.25) is 0 Å². The van der Waals surface area contributed by atoms with E-state index >= 15 is 0 Å². The van der Waals surface area contributed by atoms with E-state index in [1.165, 1.54) is 27.8 Å². The number of hydrogen-bond acceptors (Lipinski definition) is 0. The SMILES string of the molecule is CC(C)(C)c1cccc(-c2cccc(-c3ccccc3)c2)c1. The van der Waals surface area contributed by atoms with Crippen LogP contribution in [0.25, 0.3) is 22.3 Å². The topological polar surface area (TPSA) is 0 Å². The maximum atomic E-state index is 2.31. The van der Waals surface area contributed by atoms with Crippen molar-refractivity contribution >= 4 is 0 Å². The van der Waals surface area contributed by atoms with E-state index in [4.69, 9.17) is 0 Å². The fraction of sp³-hybridized carbons (Fsp3) is 0.182. The maximum Gasteiger partial charge on any atom is -0.0132 e. The van der Waals surface area contributed by atoms with Gasteiger partial charge in [-0.2, -0.15) is 0 Å². The number of hydrogen-bond donors (Lipinski definition) is 0. The van der Waals surface area contributed by atoms with E-state index in [1.54, 1.807) is 0 Å². The summed E-state index contributed by atoms with van der Waals surface area (Å²) >= 11 is 0. The highest BCUT2D eigenvalue weighted by atomic mass is 14.2. The molecule has 0 heterocycles. The minimum absolute atomic E-state index is 0.174. The molecule has 0 aliphatic carbocycles. The lowest BCUT2D eigenvalue weighted by Gasteiger charge is -2.20. The quantitative estimate of drug-likeness (QED) is 0.517. The Bertz CT molecular complexity index is 761. The molecule has 0 bridgehead atoms. The second-order valence-electron chi connectivity index (χ2n) is 6.78.